The highest BCUT2D eigenvalue weighted by molar-refractivity contribution is 7.99. The number of thioether (sulfide) groups is 1. The molecule has 0 saturated heterocycles. The Bertz CT molecular complexity index is 410. The fourth-order valence-corrected chi connectivity index (χ4v) is 2.28. The van der Waals surface area contributed by atoms with Crippen molar-refractivity contribution < 1.29 is 9.90 Å². The summed E-state index contributed by atoms with van der Waals surface area (Å²) in [6, 6.07) is 0. The second-order valence-electron chi connectivity index (χ2n) is 4.23. The van der Waals surface area contributed by atoms with Crippen LogP contribution in [0, 0.1) is 0 Å². The van der Waals surface area contributed by atoms with Crippen molar-refractivity contribution in [1.82, 2.24) is 9.97 Å². The molecule has 18 heavy (non-hydrogen) atoms. The van der Waals surface area contributed by atoms with Crippen LogP contribution >= 0.6 is 11.8 Å². The van der Waals surface area contributed by atoms with Gasteiger partial charge in [-0.1, -0.05) is 27.2 Å². The molecule has 0 aliphatic rings. The van der Waals surface area contributed by atoms with Crippen LogP contribution in [0.2, 0.25) is 0 Å². The first-order chi connectivity index (χ1) is 8.58. The molecule has 4 nitrogen and oxygen atoms in total. The predicted octanol–water partition coefficient (Wildman–Crippen LogP) is 3.16. The van der Waals surface area contributed by atoms with Crippen molar-refractivity contribution in [3.05, 3.63) is 23.3 Å². The highest BCUT2D eigenvalue weighted by atomic mass is 32.2. The van der Waals surface area contributed by atoms with Gasteiger partial charge < -0.3 is 5.11 Å². The Labute approximate surface area is 112 Å². The maximum Gasteiger partial charge on any atom is 0.339 e. The molecule has 0 aromatic carbocycles. The molecular formula is C13H20N2O2S. The number of hydrogen-bond donors (Lipinski definition) is 1. The summed E-state index contributed by atoms with van der Waals surface area (Å²) in [5.41, 5.74) is 0.883. The molecule has 1 heterocycles. The lowest BCUT2D eigenvalue weighted by Gasteiger charge is -2.09. The van der Waals surface area contributed by atoms with E-state index in [4.69, 9.17) is 5.11 Å². The summed E-state index contributed by atoms with van der Waals surface area (Å²) in [6.07, 6.45) is 4.12. The Balaban J connectivity index is 2.82. The molecular weight excluding hydrogens is 248 g/mol. The maximum absolute atomic E-state index is 11.0. The van der Waals surface area contributed by atoms with Crippen LogP contribution < -0.4 is 0 Å². The average molecular weight is 268 g/mol. The number of aromatic carboxylic acids is 1. The summed E-state index contributed by atoms with van der Waals surface area (Å²) in [5.74, 6) is 0.527. The summed E-state index contributed by atoms with van der Waals surface area (Å²) >= 11 is 1.80. The quantitative estimate of drug-likeness (QED) is 0.823. The van der Waals surface area contributed by atoms with Crippen LogP contribution in [0.1, 0.15) is 55.5 Å². The standard InChI is InChI=1S/C13H20N2O2S/c1-4-6-11-10(13(16)17)7-14-12(15-11)8-18-9(3)5-2/h7,9H,4-6,8H2,1-3H3,(H,16,17). The smallest absolute Gasteiger partial charge is 0.339 e. The fraction of sp³-hybridized carbons (Fsp3) is 0.615. The van der Waals surface area contributed by atoms with Gasteiger partial charge in [0.1, 0.15) is 5.82 Å². The Hall–Kier alpha value is -1.10. The van der Waals surface area contributed by atoms with E-state index in [1.54, 1.807) is 11.8 Å². The average Bonchev–Trinajstić information content (AvgIpc) is 2.36. The van der Waals surface area contributed by atoms with Gasteiger partial charge in [-0.15, -0.1) is 0 Å². The molecule has 1 atom stereocenters. The molecule has 1 rings (SSSR count). The van der Waals surface area contributed by atoms with Crippen LogP contribution in [-0.4, -0.2) is 26.3 Å². The molecule has 0 fully saturated rings. The van der Waals surface area contributed by atoms with Crippen LogP contribution in [0.25, 0.3) is 0 Å². The fourth-order valence-electron chi connectivity index (χ4n) is 1.47. The second-order valence-corrected chi connectivity index (χ2v) is 5.66. The normalized spacial score (nSPS) is 12.4. The lowest BCUT2D eigenvalue weighted by Crippen LogP contribution is -2.09. The van der Waals surface area contributed by atoms with Crippen molar-refractivity contribution in [3.63, 3.8) is 0 Å². The van der Waals surface area contributed by atoms with Gasteiger partial charge in [-0.25, -0.2) is 14.8 Å². The number of aryl methyl sites for hydroxylation is 1. The molecule has 1 unspecified atom stereocenters. The molecule has 100 valence electrons. The van der Waals surface area contributed by atoms with Crippen LogP contribution in [0.15, 0.2) is 6.20 Å². The first-order valence-electron chi connectivity index (χ1n) is 6.28. The van der Waals surface area contributed by atoms with Gasteiger partial charge in [-0.2, -0.15) is 11.8 Å². The van der Waals surface area contributed by atoms with Gasteiger partial charge in [0.05, 0.1) is 17.0 Å². The Kier molecular flexibility index (Phi) is 6.12. The van der Waals surface area contributed by atoms with Crippen molar-refractivity contribution in [2.24, 2.45) is 0 Å². The highest BCUT2D eigenvalue weighted by Gasteiger charge is 2.13. The SMILES string of the molecule is CCCc1nc(CSC(C)CC)ncc1C(=O)O. The monoisotopic (exact) mass is 268 g/mol. The third-order valence-electron chi connectivity index (χ3n) is 2.71. The summed E-state index contributed by atoms with van der Waals surface area (Å²) in [5, 5.41) is 9.63. The molecule has 0 saturated carbocycles. The number of rotatable bonds is 7. The zero-order valence-electron chi connectivity index (χ0n) is 11.1. The number of nitrogens with zero attached hydrogens (tertiary/aromatic N) is 2. The van der Waals surface area contributed by atoms with E-state index in [1.807, 2.05) is 6.92 Å². The third kappa shape index (κ3) is 4.29. The molecule has 0 radical (unpaired) electrons. The van der Waals surface area contributed by atoms with Crippen LogP contribution in [0.4, 0.5) is 0 Å². The maximum atomic E-state index is 11.0. The first kappa shape index (κ1) is 15.0. The van der Waals surface area contributed by atoms with Crippen LogP contribution in [-0.2, 0) is 12.2 Å². The minimum atomic E-state index is -0.945. The Morgan fingerprint density at radius 2 is 2.22 bits per heavy atom. The summed E-state index contributed by atoms with van der Waals surface area (Å²) in [4.78, 5) is 19.5. The Morgan fingerprint density at radius 3 is 2.78 bits per heavy atom. The minimum absolute atomic E-state index is 0.231. The molecule has 0 aliphatic carbocycles. The molecule has 1 aromatic rings. The number of hydrogen-bond acceptors (Lipinski definition) is 4. The molecule has 5 heteroatoms. The minimum Gasteiger partial charge on any atom is -0.478 e. The summed E-state index contributed by atoms with van der Waals surface area (Å²) in [7, 11) is 0. The van der Waals surface area contributed by atoms with Gasteiger partial charge in [0.25, 0.3) is 0 Å². The van der Waals surface area contributed by atoms with E-state index in [0.717, 1.165) is 24.4 Å². The van der Waals surface area contributed by atoms with Crippen molar-refractivity contribution in [2.75, 3.05) is 0 Å². The van der Waals surface area contributed by atoms with Gasteiger partial charge in [0.2, 0.25) is 0 Å². The summed E-state index contributed by atoms with van der Waals surface area (Å²) < 4.78 is 0. The number of carboxylic acid groups (broad SMARTS) is 1. The molecule has 0 bridgehead atoms. The molecule has 1 N–H and O–H groups in total. The first-order valence-corrected chi connectivity index (χ1v) is 7.33. The highest BCUT2D eigenvalue weighted by Crippen LogP contribution is 2.18. The number of carboxylic acids is 1. The summed E-state index contributed by atoms with van der Waals surface area (Å²) in [6.45, 7) is 6.33. The van der Waals surface area contributed by atoms with E-state index in [1.165, 1.54) is 6.20 Å². The van der Waals surface area contributed by atoms with Gasteiger partial charge in [0, 0.05) is 11.4 Å². The zero-order chi connectivity index (χ0) is 13.5. The number of carbonyl (C=O) groups is 1. The van der Waals surface area contributed by atoms with Crippen molar-refractivity contribution >= 4 is 17.7 Å². The van der Waals surface area contributed by atoms with E-state index in [0.29, 0.717) is 17.4 Å². The lowest BCUT2D eigenvalue weighted by atomic mass is 10.1. The van der Waals surface area contributed by atoms with Crippen LogP contribution in [0.5, 0.6) is 0 Å². The molecule has 0 aliphatic heterocycles. The van der Waals surface area contributed by atoms with Gasteiger partial charge in [-0.05, 0) is 12.8 Å². The van der Waals surface area contributed by atoms with E-state index in [-0.39, 0.29) is 5.56 Å². The van der Waals surface area contributed by atoms with E-state index >= 15 is 0 Å². The predicted molar refractivity (Wildman–Crippen MR) is 74.0 cm³/mol. The van der Waals surface area contributed by atoms with E-state index < -0.39 is 5.97 Å². The van der Waals surface area contributed by atoms with Crippen LogP contribution in [0.3, 0.4) is 0 Å². The lowest BCUT2D eigenvalue weighted by molar-refractivity contribution is 0.0694. The zero-order valence-corrected chi connectivity index (χ0v) is 12.0. The van der Waals surface area contributed by atoms with Gasteiger partial charge in [-0.3, -0.25) is 0 Å². The van der Waals surface area contributed by atoms with E-state index in [9.17, 15) is 4.79 Å². The molecule has 1 aromatic heterocycles. The van der Waals surface area contributed by atoms with Crippen molar-refractivity contribution in [3.8, 4) is 0 Å². The largest absolute Gasteiger partial charge is 0.478 e. The Morgan fingerprint density at radius 1 is 1.50 bits per heavy atom. The van der Waals surface area contributed by atoms with Crippen molar-refractivity contribution in [2.45, 2.75) is 51.0 Å². The topological polar surface area (TPSA) is 63.1 Å². The van der Waals surface area contributed by atoms with Gasteiger partial charge >= 0.3 is 5.97 Å². The van der Waals surface area contributed by atoms with Crippen molar-refractivity contribution in [1.29, 1.82) is 0 Å². The van der Waals surface area contributed by atoms with Gasteiger partial charge in [0.15, 0.2) is 0 Å². The second kappa shape index (κ2) is 7.36. The van der Waals surface area contributed by atoms with E-state index in [2.05, 4.69) is 23.8 Å². The number of aromatic nitrogens is 2. The molecule has 0 amide bonds. The third-order valence-corrected chi connectivity index (χ3v) is 4.03. The molecule has 0 spiro atoms.